The van der Waals surface area contributed by atoms with Gasteiger partial charge in [0.25, 0.3) is 0 Å². The van der Waals surface area contributed by atoms with Crippen molar-refractivity contribution in [1.29, 1.82) is 0 Å². The van der Waals surface area contributed by atoms with Crippen molar-refractivity contribution in [2.75, 3.05) is 34.0 Å². The number of carbonyl (C=O) groups excluding carboxylic acids is 4. The van der Waals surface area contributed by atoms with Crippen LogP contribution < -0.4 is 10.6 Å². The SMILES string of the molecule is COC(=O)N[C@H](C(=O)N1[C@@H]2CC[C@@H](C2)[C@H]1c1nc2c(ccc3cc(-c4ccc(C5=CN=C([C@@H]6CCCN6C(=O)[C@@H](NC(=O)OC)C6CCOCC6)C5)cc4)ccc32)[nH]1)C(C)C. The first kappa shape index (κ1) is 40.6. The number of imidazole rings is 1. The molecule has 4 aromatic rings. The fraction of sp³-hybridized carbons (Fsp3) is 0.489. The van der Waals surface area contributed by atoms with Crippen LogP contribution in [-0.4, -0.2) is 108 Å². The molecule has 61 heavy (non-hydrogen) atoms. The molecular formula is C47H55N7O7. The number of hydrogen-bond donors (Lipinski definition) is 3. The van der Waals surface area contributed by atoms with Crippen LogP contribution in [0.3, 0.4) is 0 Å². The number of benzene rings is 3. The number of hydrogen-bond acceptors (Lipinski definition) is 9. The van der Waals surface area contributed by atoms with E-state index in [1.54, 1.807) is 0 Å². The van der Waals surface area contributed by atoms with E-state index in [-0.39, 0.29) is 41.8 Å². The van der Waals surface area contributed by atoms with E-state index in [2.05, 4.69) is 70.2 Å². The summed E-state index contributed by atoms with van der Waals surface area (Å²) in [4.78, 5) is 70.1. The first-order valence-corrected chi connectivity index (χ1v) is 21.8. The van der Waals surface area contributed by atoms with Crippen LogP contribution in [0.5, 0.6) is 0 Å². The minimum atomic E-state index is -0.687. The molecule has 3 saturated heterocycles. The Morgan fingerprint density at radius 1 is 0.852 bits per heavy atom. The van der Waals surface area contributed by atoms with Crippen molar-refractivity contribution in [2.24, 2.45) is 22.7 Å². The lowest BCUT2D eigenvalue weighted by atomic mass is 9.90. The second kappa shape index (κ2) is 16.9. The molecule has 0 unspecified atom stereocenters. The Morgan fingerprint density at radius 3 is 2.34 bits per heavy atom. The monoisotopic (exact) mass is 829 g/mol. The van der Waals surface area contributed by atoms with Gasteiger partial charge >= 0.3 is 12.2 Å². The third-order valence-corrected chi connectivity index (χ3v) is 13.7. The number of allylic oxidation sites excluding steroid dienone is 1. The quantitative estimate of drug-likeness (QED) is 0.152. The van der Waals surface area contributed by atoms with Gasteiger partial charge in [0.2, 0.25) is 11.8 Å². The predicted octanol–water partition coefficient (Wildman–Crippen LogP) is 7.14. The lowest BCUT2D eigenvalue weighted by molar-refractivity contribution is -0.139. The van der Waals surface area contributed by atoms with E-state index in [0.717, 1.165) is 87.7 Å². The van der Waals surface area contributed by atoms with Crippen LogP contribution in [0.25, 0.3) is 38.5 Å². The summed E-state index contributed by atoms with van der Waals surface area (Å²) in [7, 11) is 2.63. The molecule has 5 aliphatic rings. The number of aliphatic imine (C=N–C) groups is 1. The Balaban J connectivity index is 0.890. The van der Waals surface area contributed by atoms with Crippen LogP contribution in [0.4, 0.5) is 9.59 Å². The zero-order chi connectivity index (χ0) is 42.4. The van der Waals surface area contributed by atoms with Crippen LogP contribution in [0.1, 0.15) is 82.6 Å². The number of aromatic amines is 1. The predicted molar refractivity (Wildman–Crippen MR) is 232 cm³/mol. The van der Waals surface area contributed by atoms with Crippen LogP contribution >= 0.6 is 0 Å². The summed E-state index contributed by atoms with van der Waals surface area (Å²) < 4.78 is 15.3. The van der Waals surface area contributed by atoms with Crippen molar-refractivity contribution in [3.8, 4) is 11.1 Å². The molecule has 0 spiro atoms. The van der Waals surface area contributed by atoms with Crippen molar-refractivity contribution in [2.45, 2.75) is 95.4 Å². The molecule has 14 heteroatoms. The number of H-pyrrole nitrogens is 1. The van der Waals surface area contributed by atoms with Gasteiger partial charge in [-0.1, -0.05) is 56.3 Å². The van der Waals surface area contributed by atoms with Crippen molar-refractivity contribution in [3.05, 3.63) is 72.2 Å². The normalized spacial score (nSPS) is 23.6. The fourth-order valence-electron chi connectivity index (χ4n) is 10.5. The second-order valence-corrected chi connectivity index (χ2v) is 17.6. The van der Waals surface area contributed by atoms with Crippen molar-refractivity contribution >= 4 is 57.1 Å². The number of piperidine rings is 1. The average molecular weight is 830 g/mol. The van der Waals surface area contributed by atoms with E-state index in [1.807, 2.05) is 29.8 Å². The highest BCUT2D eigenvalue weighted by Gasteiger charge is 2.51. The Kier molecular flexibility index (Phi) is 11.3. The fourth-order valence-corrected chi connectivity index (χ4v) is 10.5. The maximum Gasteiger partial charge on any atom is 0.407 e. The van der Waals surface area contributed by atoms with Gasteiger partial charge < -0.3 is 39.6 Å². The lowest BCUT2D eigenvalue weighted by Crippen LogP contribution is -2.55. The molecule has 4 aliphatic heterocycles. The largest absolute Gasteiger partial charge is 0.453 e. The Bertz CT molecular complexity index is 2400. The Labute approximate surface area is 355 Å². The van der Waals surface area contributed by atoms with Gasteiger partial charge in [0.15, 0.2) is 0 Å². The van der Waals surface area contributed by atoms with Crippen LogP contribution in [-0.2, 0) is 23.8 Å². The summed E-state index contributed by atoms with van der Waals surface area (Å²) in [5.74, 6) is 0.816. The topological polar surface area (TPSA) is 168 Å². The summed E-state index contributed by atoms with van der Waals surface area (Å²) >= 11 is 0. The molecule has 320 valence electrons. The molecule has 6 atom stereocenters. The van der Waals surface area contributed by atoms with Crippen molar-refractivity contribution in [1.82, 2.24) is 30.4 Å². The summed E-state index contributed by atoms with van der Waals surface area (Å²) in [5, 5.41) is 7.72. The van der Waals surface area contributed by atoms with Gasteiger partial charge in [-0.3, -0.25) is 14.6 Å². The van der Waals surface area contributed by atoms with Crippen molar-refractivity contribution in [3.63, 3.8) is 0 Å². The third kappa shape index (κ3) is 7.75. The first-order valence-electron chi connectivity index (χ1n) is 21.8. The van der Waals surface area contributed by atoms with Gasteiger partial charge in [0.05, 0.1) is 37.3 Å². The molecule has 4 fully saturated rings. The Morgan fingerprint density at radius 2 is 1.59 bits per heavy atom. The number of fused-ring (bicyclic) bond motifs is 5. The number of ether oxygens (including phenoxy) is 3. The molecule has 3 aromatic carbocycles. The summed E-state index contributed by atoms with van der Waals surface area (Å²) in [6.45, 7) is 5.64. The number of aromatic nitrogens is 2. The first-order chi connectivity index (χ1) is 29.6. The smallest absolute Gasteiger partial charge is 0.407 e. The molecule has 1 aromatic heterocycles. The molecule has 9 rings (SSSR count). The molecule has 1 aliphatic carbocycles. The number of alkyl carbamates (subject to hydrolysis) is 2. The average Bonchev–Trinajstić information content (AvgIpc) is 4.15. The van der Waals surface area contributed by atoms with Gasteiger partial charge in [-0.15, -0.1) is 0 Å². The van der Waals surface area contributed by atoms with E-state index in [0.29, 0.717) is 44.9 Å². The van der Waals surface area contributed by atoms with Crippen LogP contribution in [0.2, 0.25) is 0 Å². The van der Waals surface area contributed by atoms with Gasteiger partial charge in [-0.05, 0) is 102 Å². The Hall–Kier alpha value is -5.76. The number of rotatable bonds is 10. The van der Waals surface area contributed by atoms with E-state index < -0.39 is 24.3 Å². The lowest BCUT2D eigenvalue weighted by Gasteiger charge is -2.37. The molecule has 4 amide bonds. The van der Waals surface area contributed by atoms with Gasteiger partial charge in [-0.25, -0.2) is 14.6 Å². The minimum absolute atomic E-state index is 0.00867. The van der Waals surface area contributed by atoms with E-state index in [4.69, 9.17) is 24.2 Å². The molecule has 5 heterocycles. The second-order valence-electron chi connectivity index (χ2n) is 17.6. The third-order valence-electron chi connectivity index (χ3n) is 13.7. The maximum absolute atomic E-state index is 14.1. The van der Waals surface area contributed by atoms with E-state index in [9.17, 15) is 19.2 Å². The summed E-state index contributed by atoms with van der Waals surface area (Å²) in [6, 6.07) is 17.7. The highest BCUT2D eigenvalue weighted by Crippen LogP contribution is 2.50. The van der Waals surface area contributed by atoms with Crippen LogP contribution in [0.15, 0.2) is 65.8 Å². The number of amides is 4. The summed E-state index contributed by atoms with van der Waals surface area (Å²) in [6.07, 6.45) is 7.45. The molecule has 0 radical (unpaired) electrons. The number of methoxy groups -OCH3 is 2. The number of carbonyl (C=O) groups is 4. The van der Waals surface area contributed by atoms with Gasteiger partial charge in [0, 0.05) is 49.5 Å². The number of likely N-dealkylation sites (tertiary alicyclic amines) is 2. The molecule has 1 saturated carbocycles. The zero-order valence-electron chi connectivity index (χ0n) is 35.3. The number of nitrogens with one attached hydrogen (secondary N) is 3. The van der Waals surface area contributed by atoms with E-state index in [1.165, 1.54) is 14.2 Å². The molecule has 3 N–H and O–H groups in total. The van der Waals surface area contributed by atoms with Gasteiger partial charge in [0.1, 0.15) is 17.9 Å². The van der Waals surface area contributed by atoms with Crippen LogP contribution in [0, 0.1) is 17.8 Å². The van der Waals surface area contributed by atoms with Crippen molar-refractivity contribution < 1.29 is 33.4 Å². The zero-order valence-corrected chi connectivity index (χ0v) is 35.3. The minimum Gasteiger partial charge on any atom is -0.453 e. The standard InChI is InChI=1S/C47H55N7O7/c1-26(2)39(51-46(57)59-3)45(56)54-34-14-11-32(23-34)42(54)43-49-36-16-13-31-22-30(12-15-35(31)41(36)50-43)27-7-9-28(10-8-27)33-24-37(48-25-33)38-6-5-19-53(38)44(55)40(52-47(58)60-4)29-17-20-61-21-18-29/h7-10,12-13,15-16,22,25-26,29,32,34,38-40,42H,5-6,11,14,17-21,23-24H2,1-4H3,(H,49,50)(H,51,57)(H,52,58)/t32-,34+,38-,39-,40-,42-/m0/s1. The maximum atomic E-state index is 14.1. The van der Waals surface area contributed by atoms with Gasteiger partial charge in [-0.2, -0.15) is 0 Å². The van der Waals surface area contributed by atoms with E-state index >= 15 is 0 Å². The molecular weight excluding hydrogens is 775 g/mol. The molecule has 14 nitrogen and oxygen atoms in total. The highest BCUT2D eigenvalue weighted by molar-refractivity contribution is 6.06. The highest BCUT2D eigenvalue weighted by atomic mass is 16.5. The molecule has 2 bridgehead atoms. The summed E-state index contributed by atoms with van der Waals surface area (Å²) in [5.41, 5.74) is 7.17. The number of nitrogens with zero attached hydrogens (tertiary/aromatic N) is 4.